The molecule has 0 bridgehead atoms. The summed E-state index contributed by atoms with van der Waals surface area (Å²) in [6, 6.07) is 71.9. The Morgan fingerprint density at radius 2 is 0.830 bits per heavy atom. The fourth-order valence-corrected chi connectivity index (χ4v) is 11.0. The van der Waals surface area contributed by atoms with Crippen molar-refractivity contribution in [2.75, 3.05) is 0 Å². The van der Waals surface area contributed by atoms with E-state index in [-0.39, 0.29) is 24.8 Å². The minimum atomic E-state index is -0.455. The quantitative estimate of drug-likeness (QED) is 0.119. The zero-order valence-electron chi connectivity index (χ0n) is 29.3. The third kappa shape index (κ3) is 8.18. The predicted octanol–water partition coefficient (Wildman–Crippen LogP) is 5.90. The second-order valence-electron chi connectivity index (χ2n) is 13.0. The smallest absolute Gasteiger partial charge is 0.0771 e. The molecule has 0 nitrogen and oxygen atoms in total. The maximum atomic E-state index is 2.34. The molecule has 10 aromatic rings. The van der Waals surface area contributed by atoms with Gasteiger partial charge >= 0.3 is 99.8 Å². The van der Waals surface area contributed by atoms with Crippen LogP contribution in [0.2, 0.25) is 0 Å². The molecule has 256 valence electrons. The molecule has 0 aromatic heterocycles. The van der Waals surface area contributed by atoms with E-state index in [0.29, 0.717) is 0 Å². The van der Waals surface area contributed by atoms with Crippen LogP contribution in [0.4, 0.5) is 0 Å². The van der Waals surface area contributed by atoms with Crippen molar-refractivity contribution >= 4 is 69.7 Å². The number of aryl methyl sites for hydroxylation is 1. The molecule has 10 aromatic carbocycles. The van der Waals surface area contributed by atoms with Gasteiger partial charge in [-0.05, 0) is 33.2 Å². The van der Waals surface area contributed by atoms with Crippen molar-refractivity contribution < 1.29 is 48.1 Å². The molecule has 0 atom stereocenters. The van der Waals surface area contributed by atoms with Gasteiger partial charge in [0.2, 0.25) is 0 Å². The maximum Gasteiger partial charge on any atom is -0.0771 e. The summed E-state index contributed by atoms with van der Waals surface area (Å²) in [6.07, 6.45) is 0. The average molecular weight is 815 g/mol. The summed E-state index contributed by atoms with van der Waals surface area (Å²) < 4.78 is 0. The molecule has 53 heavy (non-hydrogen) atoms. The Kier molecular flexibility index (Phi) is 12.6. The van der Waals surface area contributed by atoms with Gasteiger partial charge in [0.1, 0.15) is 0 Å². The van der Waals surface area contributed by atoms with Gasteiger partial charge in [0.15, 0.2) is 0 Å². The minimum Gasteiger partial charge on any atom is -0.126 e. The van der Waals surface area contributed by atoms with E-state index < -0.39 is 5.43 Å². The SMILES string of the molecule is Cc1cc2c(-c3cc4ccccc4c4ccccc34)cccc2[cH-]1.[Cl-].[Cl-].[Zr+2]=[Si](c1ccccc1)c1ccccc1.c1ccc2c(c1)[cH-]c1ccccc12. The van der Waals surface area contributed by atoms with Crippen molar-refractivity contribution in [2.24, 2.45) is 0 Å². The summed E-state index contributed by atoms with van der Waals surface area (Å²) in [7, 11) is 0. The van der Waals surface area contributed by atoms with Gasteiger partial charge in [0.25, 0.3) is 0 Å². The van der Waals surface area contributed by atoms with Gasteiger partial charge in [0.05, 0.1) is 0 Å². The normalized spacial score (nSPS) is 10.5. The molecule has 0 spiro atoms. The van der Waals surface area contributed by atoms with E-state index in [1.807, 2.05) is 0 Å². The number of halogens is 2. The van der Waals surface area contributed by atoms with E-state index in [1.165, 1.54) is 80.9 Å². The molecule has 10 rings (SSSR count). The number of hydrogen-bond donors (Lipinski definition) is 0. The van der Waals surface area contributed by atoms with Crippen LogP contribution < -0.4 is 35.2 Å². The van der Waals surface area contributed by atoms with Crippen molar-refractivity contribution in [1.29, 1.82) is 0 Å². The van der Waals surface area contributed by atoms with Crippen molar-refractivity contribution in [3.63, 3.8) is 0 Å². The monoisotopic (exact) mass is 812 g/mol. The molecule has 0 aliphatic carbocycles. The second kappa shape index (κ2) is 17.5. The van der Waals surface area contributed by atoms with Gasteiger partial charge in [-0.2, -0.15) is 6.07 Å². The Morgan fingerprint density at radius 1 is 0.377 bits per heavy atom. The van der Waals surface area contributed by atoms with E-state index in [4.69, 9.17) is 0 Å². The molecule has 0 heterocycles. The Hall–Kier alpha value is -4.56. The molecule has 0 radical (unpaired) electrons. The third-order valence-electron chi connectivity index (χ3n) is 9.60. The molecule has 0 N–H and O–H groups in total. The average Bonchev–Trinajstić information content (AvgIpc) is 3.78. The summed E-state index contributed by atoms with van der Waals surface area (Å²) in [5, 5.41) is 16.4. The first-order valence-corrected chi connectivity index (χ1v) is 22.6. The Morgan fingerprint density at radius 3 is 1.43 bits per heavy atom. The zero-order chi connectivity index (χ0) is 34.6. The number of hydrogen-bond acceptors (Lipinski definition) is 0. The van der Waals surface area contributed by atoms with Crippen LogP contribution in [0.5, 0.6) is 0 Å². The molecule has 0 aliphatic rings. The molecular weight excluding hydrogens is 779 g/mol. The van der Waals surface area contributed by atoms with Crippen LogP contribution in [-0.4, -0.2) is 5.43 Å². The van der Waals surface area contributed by atoms with Gasteiger partial charge in [-0.15, -0.1) is 74.3 Å². The Labute approximate surface area is 339 Å². The molecule has 0 saturated carbocycles. The molecule has 0 saturated heterocycles. The van der Waals surface area contributed by atoms with Crippen LogP contribution in [0.25, 0.3) is 65.0 Å². The van der Waals surface area contributed by atoms with Crippen LogP contribution in [0.1, 0.15) is 5.56 Å². The van der Waals surface area contributed by atoms with Crippen LogP contribution in [0.3, 0.4) is 0 Å². The summed E-state index contributed by atoms with van der Waals surface area (Å²) >= 11 is 1.64. The summed E-state index contributed by atoms with van der Waals surface area (Å²) in [4.78, 5) is 0. The largest absolute Gasteiger partial charge is 0.126 e. The number of benzene rings is 8. The first-order valence-electron chi connectivity index (χ1n) is 17.4. The molecule has 0 amide bonds. The Bertz CT molecular complexity index is 2690. The zero-order valence-corrected chi connectivity index (χ0v) is 34.3. The number of rotatable bonds is 3. The van der Waals surface area contributed by atoms with Crippen LogP contribution in [-0.2, 0) is 23.3 Å². The van der Waals surface area contributed by atoms with E-state index in [9.17, 15) is 0 Å². The fourth-order valence-electron chi connectivity index (χ4n) is 7.18. The fraction of sp³-hybridized carbons (Fsp3) is 0.0204. The summed E-state index contributed by atoms with van der Waals surface area (Å²) in [5.74, 6) is 0. The van der Waals surface area contributed by atoms with Gasteiger partial charge in [-0.25, -0.2) is 0 Å². The van der Waals surface area contributed by atoms with Crippen molar-refractivity contribution in [2.45, 2.75) is 6.92 Å². The summed E-state index contributed by atoms with van der Waals surface area (Å²) in [5.41, 5.74) is 3.51. The minimum absolute atomic E-state index is 0. The van der Waals surface area contributed by atoms with Gasteiger partial charge < -0.3 is 24.8 Å². The molecule has 0 fully saturated rings. The topological polar surface area (TPSA) is 0 Å². The Balaban J connectivity index is 0.000000143. The molecule has 0 aliphatic heterocycles. The van der Waals surface area contributed by atoms with E-state index >= 15 is 0 Å². The molecule has 4 heteroatoms. The van der Waals surface area contributed by atoms with E-state index in [2.05, 4.69) is 207 Å². The first kappa shape index (κ1) is 38.2. The van der Waals surface area contributed by atoms with Gasteiger partial charge in [-0.3, -0.25) is 0 Å². The van der Waals surface area contributed by atoms with Crippen molar-refractivity contribution in [1.82, 2.24) is 0 Å². The third-order valence-corrected chi connectivity index (χ3v) is 15.7. The summed E-state index contributed by atoms with van der Waals surface area (Å²) in [6.45, 7) is 2.17. The molecular formula is C49H36Cl2SiZr-2. The number of fused-ring (bicyclic) bond motifs is 7. The predicted molar refractivity (Wildman–Crippen MR) is 220 cm³/mol. The van der Waals surface area contributed by atoms with Gasteiger partial charge in [-0.1, -0.05) is 103 Å². The second-order valence-corrected chi connectivity index (χ2v) is 18.5. The standard InChI is InChI=1S/C24H17.C13H9.C12H10Si.2ClH.Zr/c1-16-13-17-8-6-12-22(23(17)14-16)24-15-18-7-2-3-9-19(18)20-10-4-5-11-21(20)24;1-3-7-12-10(5-1)9-11-6-2-4-8-13(11)12;1-3-7-11(8-4-1)13-12-9-5-2-6-10-12;;;/h2-15H,1H3;1-9H;1-10H;2*1H;/q2*-1;;;;+2/p-2. The molecule has 0 unspecified atom stereocenters. The van der Waals surface area contributed by atoms with Crippen LogP contribution in [0, 0.1) is 6.92 Å². The van der Waals surface area contributed by atoms with Crippen LogP contribution in [0.15, 0.2) is 200 Å². The van der Waals surface area contributed by atoms with Gasteiger partial charge in [0, 0.05) is 0 Å². The van der Waals surface area contributed by atoms with E-state index in [0.717, 1.165) is 0 Å². The van der Waals surface area contributed by atoms with E-state index in [1.54, 1.807) is 23.3 Å². The van der Waals surface area contributed by atoms with Crippen molar-refractivity contribution in [3.8, 4) is 11.1 Å². The van der Waals surface area contributed by atoms with Crippen molar-refractivity contribution in [3.05, 3.63) is 206 Å². The first-order chi connectivity index (χ1) is 25.1. The maximum absolute atomic E-state index is 2.34. The van der Waals surface area contributed by atoms with Crippen LogP contribution >= 0.6 is 0 Å².